The summed E-state index contributed by atoms with van der Waals surface area (Å²) >= 11 is 0. The van der Waals surface area contributed by atoms with Crippen molar-refractivity contribution in [1.82, 2.24) is 5.32 Å². The van der Waals surface area contributed by atoms with Gasteiger partial charge in [0, 0.05) is 24.4 Å². The van der Waals surface area contributed by atoms with Gasteiger partial charge in [0.1, 0.15) is 5.78 Å². The van der Waals surface area contributed by atoms with Gasteiger partial charge in [-0.15, -0.1) is 0 Å². The molecule has 0 spiro atoms. The minimum absolute atomic E-state index is 0.132. The van der Waals surface area contributed by atoms with Gasteiger partial charge >= 0.3 is 0 Å². The molecule has 0 aromatic rings. The molecule has 1 heterocycles. The summed E-state index contributed by atoms with van der Waals surface area (Å²) < 4.78 is 5.34. The predicted molar refractivity (Wildman–Crippen MR) is 49.5 cm³/mol. The van der Waals surface area contributed by atoms with E-state index in [9.17, 15) is 4.79 Å². The van der Waals surface area contributed by atoms with Gasteiger partial charge in [-0.05, 0) is 12.8 Å². The Hall–Kier alpha value is -0.410. The summed E-state index contributed by atoms with van der Waals surface area (Å²) in [5.74, 6) is 0.939. The summed E-state index contributed by atoms with van der Waals surface area (Å²) in [6.07, 6.45) is 2.22. The average molecular weight is 183 g/mol. The van der Waals surface area contributed by atoms with Crippen LogP contribution in [-0.2, 0) is 9.53 Å². The number of ketones is 1. The Kier molecular flexibility index (Phi) is 2.65. The van der Waals surface area contributed by atoms with Crippen molar-refractivity contribution in [1.29, 1.82) is 0 Å². The molecule has 3 heteroatoms. The van der Waals surface area contributed by atoms with E-state index in [4.69, 9.17) is 4.74 Å². The Bertz CT molecular complexity index is 195. The summed E-state index contributed by atoms with van der Waals surface area (Å²) in [5.41, 5.74) is 0. The monoisotopic (exact) mass is 183 g/mol. The Balaban J connectivity index is 1.86. The molecule has 0 radical (unpaired) electrons. The van der Waals surface area contributed by atoms with Gasteiger partial charge in [0.2, 0.25) is 0 Å². The van der Waals surface area contributed by atoms with Crippen molar-refractivity contribution < 1.29 is 9.53 Å². The predicted octanol–water partition coefficient (Wildman–Crippen LogP) is 0.590. The van der Waals surface area contributed by atoms with Crippen LogP contribution in [0.3, 0.4) is 0 Å². The molecule has 3 nitrogen and oxygen atoms in total. The molecule has 2 unspecified atom stereocenters. The third-order valence-corrected chi connectivity index (χ3v) is 2.98. The first-order valence-electron chi connectivity index (χ1n) is 5.14. The molecule has 0 amide bonds. The van der Waals surface area contributed by atoms with E-state index in [2.05, 4.69) is 5.32 Å². The average Bonchev–Trinajstić information content (AvgIpc) is 3.00. The Labute approximate surface area is 78.8 Å². The van der Waals surface area contributed by atoms with Crippen molar-refractivity contribution in [3.05, 3.63) is 0 Å². The lowest BCUT2D eigenvalue weighted by atomic mass is 9.94. The lowest BCUT2D eigenvalue weighted by molar-refractivity contribution is -0.125. The van der Waals surface area contributed by atoms with E-state index in [1.54, 1.807) is 0 Å². The molecule has 74 valence electrons. The number of Topliss-reactive ketones (excluding diaryl/α,β-unsaturated/α-hetero) is 1. The number of hydrogen-bond donors (Lipinski definition) is 1. The molecule has 0 aromatic carbocycles. The van der Waals surface area contributed by atoms with E-state index in [-0.39, 0.29) is 12.0 Å². The fourth-order valence-electron chi connectivity index (χ4n) is 1.84. The molecule has 2 aliphatic rings. The minimum Gasteiger partial charge on any atom is -0.378 e. The van der Waals surface area contributed by atoms with Crippen molar-refractivity contribution >= 4 is 5.78 Å². The molecule has 1 saturated carbocycles. The van der Waals surface area contributed by atoms with Crippen LogP contribution in [0.2, 0.25) is 0 Å². The number of morpholine rings is 1. The van der Waals surface area contributed by atoms with Gasteiger partial charge in [0.05, 0.1) is 13.2 Å². The van der Waals surface area contributed by atoms with Crippen LogP contribution in [0.4, 0.5) is 0 Å². The molecule has 1 aliphatic heterocycles. The van der Waals surface area contributed by atoms with Gasteiger partial charge in [-0.25, -0.2) is 0 Å². The largest absolute Gasteiger partial charge is 0.378 e. The Morgan fingerprint density at radius 1 is 1.54 bits per heavy atom. The molecule has 1 aliphatic carbocycles. The van der Waals surface area contributed by atoms with Gasteiger partial charge in [-0.3, -0.25) is 4.79 Å². The number of hydrogen-bond acceptors (Lipinski definition) is 3. The second-order valence-corrected chi connectivity index (χ2v) is 4.10. The zero-order chi connectivity index (χ0) is 9.26. The van der Waals surface area contributed by atoms with Gasteiger partial charge in [0.15, 0.2) is 0 Å². The Morgan fingerprint density at radius 3 is 2.85 bits per heavy atom. The van der Waals surface area contributed by atoms with Crippen molar-refractivity contribution in [3.8, 4) is 0 Å². The fourth-order valence-corrected chi connectivity index (χ4v) is 1.84. The standard InChI is InChI=1S/C10H17NO2/c1-7(10(12)8-2-3-8)9-6-13-5-4-11-9/h7-9,11H,2-6H2,1H3. The zero-order valence-electron chi connectivity index (χ0n) is 8.08. The summed E-state index contributed by atoms with van der Waals surface area (Å²) in [5, 5.41) is 3.34. The van der Waals surface area contributed by atoms with E-state index in [1.165, 1.54) is 0 Å². The van der Waals surface area contributed by atoms with E-state index in [1.807, 2.05) is 6.92 Å². The van der Waals surface area contributed by atoms with Gasteiger partial charge < -0.3 is 10.1 Å². The molecule has 2 fully saturated rings. The topological polar surface area (TPSA) is 38.3 Å². The van der Waals surface area contributed by atoms with Gasteiger partial charge in [-0.1, -0.05) is 6.92 Å². The van der Waals surface area contributed by atoms with E-state index >= 15 is 0 Å². The molecule has 0 aromatic heterocycles. The fraction of sp³-hybridized carbons (Fsp3) is 0.900. The van der Waals surface area contributed by atoms with Gasteiger partial charge in [0.25, 0.3) is 0 Å². The molecule has 2 rings (SSSR count). The van der Waals surface area contributed by atoms with E-state index in [0.717, 1.165) is 26.0 Å². The van der Waals surface area contributed by atoms with Gasteiger partial charge in [-0.2, -0.15) is 0 Å². The maximum atomic E-state index is 11.7. The summed E-state index contributed by atoms with van der Waals surface area (Å²) in [7, 11) is 0. The number of nitrogens with one attached hydrogen (secondary N) is 1. The van der Waals surface area contributed by atoms with Crippen molar-refractivity contribution in [2.45, 2.75) is 25.8 Å². The zero-order valence-corrected chi connectivity index (χ0v) is 8.08. The maximum absolute atomic E-state index is 11.7. The first-order valence-corrected chi connectivity index (χ1v) is 5.14. The van der Waals surface area contributed by atoms with Crippen LogP contribution in [0.15, 0.2) is 0 Å². The number of carbonyl (C=O) groups excluding carboxylic acids is 1. The van der Waals surface area contributed by atoms with E-state index < -0.39 is 0 Å². The third-order valence-electron chi connectivity index (χ3n) is 2.98. The molecular weight excluding hydrogens is 166 g/mol. The van der Waals surface area contributed by atoms with Crippen LogP contribution in [0.25, 0.3) is 0 Å². The summed E-state index contributed by atoms with van der Waals surface area (Å²) in [4.78, 5) is 11.7. The molecule has 2 atom stereocenters. The maximum Gasteiger partial charge on any atom is 0.140 e. The van der Waals surface area contributed by atoms with Crippen LogP contribution in [0, 0.1) is 11.8 Å². The highest BCUT2D eigenvalue weighted by atomic mass is 16.5. The number of rotatable bonds is 3. The second kappa shape index (κ2) is 3.76. The highest BCUT2D eigenvalue weighted by molar-refractivity contribution is 5.85. The molecule has 1 saturated heterocycles. The first-order chi connectivity index (χ1) is 6.29. The lowest BCUT2D eigenvalue weighted by Crippen LogP contribution is -2.47. The quantitative estimate of drug-likeness (QED) is 0.696. The minimum atomic E-state index is 0.132. The summed E-state index contributed by atoms with van der Waals surface area (Å²) in [6.45, 7) is 4.38. The Morgan fingerprint density at radius 2 is 2.31 bits per heavy atom. The SMILES string of the molecule is CC(C(=O)C1CC1)C1COCCN1. The van der Waals surface area contributed by atoms with E-state index in [0.29, 0.717) is 18.3 Å². The number of ether oxygens (including phenoxy) is 1. The second-order valence-electron chi connectivity index (χ2n) is 4.10. The van der Waals surface area contributed by atoms with Crippen molar-refractivity contribution in [2.75, 3.05) is 19.8 Å². The van der Waals surface area contributed by atoms with Crippen LogP contribution in [0.1, 0.15) is 19.8 Å². The third kappa shape index (κ3) is 2.09. The normalized spacial score (nSPS) is 31.3. The first kappa shape index (κ1) is 9.16. The van der Waals surface area contributed by atoms with Crippen LogP contribution >= 0.6 is 0 Å². The van der Waals surface area contributed by atoms with Crippen molar-refractivity contribution in [2.24, 2.45) is 11.8 Å². The lowest BCUT2D eigenvalue weighted by Gasteiger charge is -2.28. The molecular formula is C10H17NO2. The molecule has 1 N–H and O–H groups in total. The van der Waals surface area contributed by atoms with Crippen molar-refractivity contribution in [3.63, 3.8) is 0 Å². The highest BCUT2D eigenvalue weighted by Gasteiger charge is 2.36. The summed E-state index contributed by atoms with van der Waals surface area (Å²) in [6, 6.07) is 0.252. The van der Waals surface area contributed by atoms with Crippen LogP contribution in [-0.4, -0.2) is 31.6 Å². The van der Waals surface area contributed by atoms with Crippen LogP contribution in [0.5, 0.6) is 0 Å². The highest BCUT2D eigenvalue weighted by Crippen LogP contribution is 2.33. The molecule has 13 heavy (non-hydrogen) atoms. The smallest absolute Gasteiger partial charge is 0.140 e. The van der Waals surface area contributed by atoms with Crippen LogP contribution < -0.4 is 5.32 Å². The molecule has 0 bridgehead atoms. The number of carbonyl (C=O) groups is 1.